The summed E-state index contributed by atoms with van der Waals surface area (Å²) in [6.07, 6.45) is 1.53. The van der Waals surface area contributed by atoms with Crippen molar-refractivity contribution in [2.75, 3.05) is 5.32 Å². The number of nitrogens with one attached hydrogen (secondary N) is 2. The van der Waals surface area contributed by atoms with Gasteiger partial charge in [-0.05, 0) is 36.8 Å². The number of benzene rings is 2. The molecule has 0 bridgehead atoms. The minimum absolute atomic E-state index is 0.209. The number of hydrogen-bond acceptors (Lipinski definition) is 3. The van der Waals surface area contributed by atoms with Crippen molar-refractivity contribution in [3.8, 4) is 0 Å². The van der Waals surface area contributed by atoms with Gasteiger partial charge in [0.25, 0.3) is 5.91 Å². The van der Waals surface area contributed by atoms with Crippen LogP contribution < -0.4 is 10.6 Å². The monoisotopic (exact) mass is 351 g/mol. The Morgan fingerprint density at radius 1 is 1.08 bits per heavy atom. The minimum Gasteiger partial charge on any atom is -0.345 e. The summed E-state index contributed by atoms with van der Waals surface area (Å²) in [7, 11) is 0. The molecule has 0 radical (unpaired) electrons. The van der Waals surface area contributed by atoms with E-state index in [0.717, 1.165) is 5.56 Å². The maximum Gasteiger partial charge on any atom is 0.252 e. The van der Waals surface area contributed by atoms with Crippen molar-refractivity contribution < 1.29 is 14.0 Å². The number of aromatic nitrogens is 1. The summed E-state index contributed by atoms with van der Waals surface area (Å²) in [5, 5.41) is 6.27. The van der Waals surface area contributed by atoms with Gasteiger partial charge in [-0.1, -0.05) is 24.3 Å². The van der Waals surface area contributed by atoms with Crippen LogP contribution >= 0.6 is 0 Å². The topological polar surface area (TPSA) is 71.1 Å². The molecule has 26 heavy (non-hydrogen) atoms. The Morgan fingerprint density at radius 3 is 2.50 bits per heavy atom. The van der Waals surface area contributed by atoms with Crippen LogP contribution in [0.3, 0.4) is 0 Å². The second-order valence-electron chi connectivity index (χ2n) is 5.99. The van der Waals surface area contributed by atoms with Crippen molar-refractivity contribution in [2.45, 2.75) is 19.9 Å². The van der Waals surface area contributed by atoms with Crippen molar-refractivity contribution >= 4 is 28.4 Å². The van der Waals surface area contributed by atoms with Crippen LogP contribution in [0.5, 0.6) is 0 Å². The highest BCUT2D eigenvalue weighted by Gasteiger charge is 2.16. The first-order valence-corrected chi connectivity index (χ1v) is 8.17. The first-order chi connectivity index (χ1) is 12.5. The number of hydrogen-bond donors (Lipinski definition) is 2. The molecule has 1 unspecified atom stereocenters. The van der Waals surface area contributed by atoms with Gasteiger partial charge in [0.1, 0.15) is 5.82 Å². The lowest BCUT2D eigenvalue weighted by Gasteiger charge is -2.16. The third-order valence-corrected chi connectivity index (χ3v) is 4.04. The van der Waals surface area contributed by atoms with Crippen LogP contribution in [-0.2, 0) is 4.79 Å². The lowest BCUT2D eigenvalue weighted by molar-refractivity contribution is -0.114. The smallest absolute Gasteiger partial charge is 0.252 e. The highest BCUT2D eigenvalue weighted by atomic mass is 19.1. The number of halogens is 1. The number of carbonyl (C=O) groups excluding carboxylic acids is 2. The predicted octanol–water partition coefficient (Wildman–Crippen LogP) is 3.82. The predicted molar refractivity (Wildman–Crippen MR) is 98.3 cm³/mol. The molecule has 2 aromatic carbocycles. The Morgan fingerprint density at radius 2 is 1.81 bits per heavy atom. The second kappa shape index (κ2) is 7.31. The number of anilines is 1. The van der Waals surface area contributed by atoms with Gasteiger partial charge in [0.05, 0.1) is 22.8 Å². The highest BCUT2D eigenvalue weighted by molar-refractivity contribution is 6.10. The Kier molecular flexibility index (Phi) is 4.93. The van der Waals surface area contributed by atoms with E-state index in [-0.39, 0.29) is 23.7 Å². The average molecular weight is 351 g/mol. The van der Waals surface area contributed by atoms with E-state index in [1.54, 1.807) is 36.4 Å². The molecular weight excluding hydrogens is 333 g/mol. The Hall–Kier alpha value is -3.28. The van der Waals surface area contributed by atoms with Gasteiger partial charge < -0.3 is 10.6 Å². The largest absolute Gasteiger partial charge is 0.345 e. The van der Waals surface area contributed by atoms with Crippen molar-refractivity contribution in [1.29, 1.82) is 0 Å². The quantitative estimate of drug-likeness (QED) is 0.750. The molecule has 3 aromatic rings. The van der Waals surface area contributed by atoms with E-state index in [9.17, 15) is 14.0 Å². The first-order valence-electron chi connectivity index (χ1n) is 8.17. The van der Waals surface area contributed by atoms with Crippen molar-refractivity contribution in [3.05, 3.63) is 71.7 Å². The van der Waals surface area contributed by atoms with E-state index in [4.69, 9.17) is 0 Å². The first kappa shape index (κ1) is 17.5. The standard InChI is InChI=1S/C20H18FN3O2/c1-12(14-6-8-15(21)9-7-14)23-20(26)17-10-11-22-19-16(17)4-3-5-18(19)24-13(2)25/h3-12H,1-2H3,(H,23,26)(H,24,25). The van der Waals surface area contributed by atoms with Crippen LogP contribution in [0, 0.1) is 5.82 Å². The lowest BCUT2D eigenvalue weighted by Crippen LogP contribution is -2.27. The number of rotatable bonds is 4. The molecule has 0 aliphatic carbocycles. The van der Waals surface area contributed by atoms with E-state index in [2.05, 4.69) is 15.6 Å². The molecule has 0 fully saturated rings. The molecule has 2 N–H and O–H groups in total. The summed E-state index contributed by atoms with van der Waals surface area (Å²) >= 11 is 0. The van der Waals surface area contributed by atoms with Gasteiger partial charge in [-0.2, -0.15) is 0 Å². The molecule has 0 aliphatic rings. The molecule has 6 heteroatoms. The van der Waals surface area contributed by atoms with E-state index < -0.39 is 0 Å². The van der Waals surface area contributed by atoms with Crippen LogP contribution in [0.4, 0.5) is 10.1 Å². The zero-order chi connectivity index (χ0) is 18.7. The fraction of sp³-hybridized carbons (Fsp3) is 0.150. The molecule has 1 aromatic heterocycles. The van der Waals surface area contributed by atoms with Crippen LogP contribution in [0.2, 0.25) is 0 Å². The number of nitrogens with zero attached hydrogens (tertiary/aromatic N) is 1. The zero-order valence-electron chi connectivity index (χ0n) is 14.4. The number of carbonyl (C=O) groups is 2. The van der Waals surface area contributed by atoms with E-state index in [0.29, 0.717) is 22.2 Å². The molecule has 0 spiro atoms. The molecule has 3 rings (SSSR count). The average Bonchev–Trinajstić information content (AvgIpc) is 2.61. The Balaban J connectivity index is 1.91. The van der Waals surface area contributed by atoms with Gasteiger partial charge in [0.2, 0.25) is 5.91 Å². The van der Waals surface area contributed by atoms with Crippen LogP contribution in [0.1, 0.15) is 35.8 Å². The Bertz CT molecular complexity index is 970. The van der Waals surface area contributed by atoms with Gasteiger partial charge in [-0.15, -0.1) is 0 Å². The maximum absolute atomic E-state index is 13.1. The molecule has 0 saturated carbocycles. The SMILES string of the molecule is CC(=O)Nc1cccc2c(C(=O)NC(C)c3ccc(F)cc3)ccnc12. The third kappa shape index (κ3) is 3.69. The zero-order valence-corrected chi connectivity index (χ0v) is 14.4. The Labute approximate surface area is 150 Å². The van der Waals surface area contributed by atoms with Gasteiger partial charge >= 0.3 is 0 Å². The molecule has 5 nitrogen and oxygen atoms in total. The summed E-state index contributed by atoms with van der Waals surface area (Å²) in [4.78, 5) is 28.4. The van der Waals surface area contributed by atoms with E-state index >= 15 is 0 Å². The number of pyridine rings is 1. The number of para-hydroxylation sites is 1. The molecule has 0 aliphatic heterocycles. The molecule has 2 amide bonds. The number of fused-ring (bicyclic) bond motifs is 1. The van der Waals surface area contributed by atoms with Crippen molar-refractivity contribution in [2.24, 2.45) is 0 Å². The molecule has 1 atom stereocenters. The normalized spacial score (nSPS) is 11.8. The summed E-state index contributed by atoms with van der Waals surface area (Å²) < 4.78 is 13.1. The van der Waals surface area contributed by atoms with Gasteiger partial charge in [-0.25, -0.2) is 4.39 Å². The third-order valence-electron chi connectivity index (χ3n) is 4.04. The fourth-order valence-electron chi connectivity index (χ4n) is 2.77. The molecule has 1 heterocycles. The number of amides is 2. The van der Waals surface area contributed by atoms with Crippen molar-refractivity contribution in [3.63, 3.8) is 0 Å². The molecular formula is C20H18FN3O2. The second-order valence-corrected chi connectivity index (χ2v) is 5.99. The lowest BCUT2D eigenvalue weighted by atomic mass is 10.1. The summed E-state index contributed by atoms with van der Waals surface area (Å²) in [6, 6.07) is 12.6. The van der Waals surface area contributed by atoms with Crippen LogP contribution in [-0.4, -0.2) is 16.8 Å². The van der Waals surface area contributed by atoms with Gasteiger partial charge in [0.15, 0.2) is 0 Å². The van der Waals surface area contributed by atoms with Gasteiger partial charge in [0, 0.05) is 18.5 Å². The van der Waals surface area contributed by atoms with Gasteiger partial charge in [-0.3, -0.25) is 14.6 Å². The maximum atomic E-state index is 13.1. The van der Waals surface area contributed by atoms with Crippen LogP contribution in [0.15, 0.2) is 54.7 Å². The minimum atomic E-state index is -0.321. The summed E-state index contributed by atoms with van der Waals surface area (Å²) in [5.74, 6) is -0.800. The highest BCUT2D eigenvalue weighted by Crippen LogP contribution is 2.25. The summed E-state index contributed by atoms with van der Waals surface area (Å²) in [6.45, 7) is 3.25. The van der Waals surface area contributed by atoms with E-state index in [1.165, 1.54) is 25.3 Å². The van der Waals surface area contributed by atoms with Crippen molar-refractivity contribution in [1.82, 2.24) is 10.3 Å². The molecule has 132 valence electrons. The summed E-state index contributed by atoms with van der Waals surface area (Å²) in [5.41, 5.74) is 2.36. The molecule has 0 saturated heterocycles. The van der Waals surface area contributed by atoms with Crippen LogP contribution in [0.25, 0.3) is 10.9 Å². The fourth-order valence-corrected chi connectivity index (χ4v) is 2.77. The van der Waals surface area contributed by atoms with E-state index in [1.807, 2.05) is 6.92 Å².